The number of nitrogens with zero attached hydrogens (tertiary/aromatic N) is 1. The van der Waals surface area contributed by atoms with Crippen LogP contribution in [0.4, 0.5) is 0 Å². The number of para-hydroxylation sites is 4. The Bertz CT molecular complexity index is 3040. The van der Waals surface area contributed by atoms with Crippen LogP contribution in [0.25, 0.3) is 103 Å². The Balaban J connectivity index is 1.17. The first-order valence-corrected chi connectivity index (χ1v) is 16.3. The molecular weight excluding hydrogens is 583 g/mol. The molecule has 0 radical (unpaired) electrons. The van der Waals surface area contributed by atoms with E-state index in [1.54, 1.807) is 0 Å². The lowest BCUT2D eigenvalue weighted by atomic mass is 10.00. The van der Waals surface area contributed by atoms with Gasteiger partial charge in [-0.05, 0) is 48.5 Å². The fraction of sp³-hybridized carbons (Fsp3) is 0. The van der Waals surface area contributed by atoms with E-state index in [9.17, 15) is 0 Å². The highest BCUT2D eigenvalue weighted by Gasteiger charge is 2.19. The van der Waals surface area contributed by atoms with E-state index in [0.717, 1.165) is 60.7 Å². The lowest BCUT2D eigenvalue weighted by Gasteiger charge is -2.08. The molecule has 0 aliphatic heterocycles. The van der Waals surface area contributed by atoms with Gasteiger partial charge in [0, 0.05) is 69.3 Å². The van der Waals surface area contributed by atoms with Crippen molar-refractivity contribution < 1.29 is 8.83 Å². The highest BCUT2D eigenvalue weighted by molar-refractivity contribution is 7.25. The fourth-order valence-corrected chi connectivity index (χ4v) is 8.68. The van der Waals surface area contributed by atoms with Crippen molar-refractivity contribution >= 4 is 97.2 Å². The second-order valence-corrected chi connectivity index (χ2v) is 13.1. The van der Waals surface area contributed by atoms with Gasteiger partial charge in [0.2, 0.25) is 0 Å². The Morgan fingerprint density at radius 2 is 1.04 bits per heavy atom. The number of fused-ring (bicyclic) bond motifs is 12. The Hall–Kier alpha value is -5.84. The van der Waals surface area contributed by atoms with Crippen molar-refractivity contribution in [2.45, 2.75) is 0 Å². The molecule has 214 valence electrons. The second kappa shape index (κ2) is 8.87. The summed E-state index contributed by atoms with van der Waals surface area (Å²) in [5, 5.41) is 9.59. The fourth-order valence-electron chi connectivity index (χ4n) is 7.56. The molecule has 11 rings (SSSR count). The largest absolute Gasteiger partial charge is 0.455 e. The maximum Gasteiger partial charge on any atom is 0.143 e. The summed E-state index contributed by atoms with van der Waals surface area (Å²) < 4.78 is 18.1. The molecule has 0 bridgehead atoms. The lowest BCUT2D eigenvalue weighted by Crippen LogP contribution is -1.93. The van der Waals surface area contributed by atoms with Crippen molar-refractivity contribution in [3.05, 3.63) is 140 Å². The molecule has 0 aliphatic rings. The zero-order valence-electron chi connectivity index (χ0n) is 24.5. The number of hydrogen-bond donors (Lipinski definition) is 0. The van der Waals surface area contributed by atoms with E-state index >= 15 is 0 Å². The molecule has 4 heteroatoms. The summed E-state index contributed by atoms with van der Waals surface area (Å²) >= 11 is 1.86. The van der Waals surface area contributed by atoms with E-state index in [2.05, 4.69) is 132 Å². The first-order valence-electron chi connectivity index (χ1n) is 15.5. The topological polar surface area (TPSA) is 31.2 Å². The van der Waals surface area contributed by atoms with Crippen LogP contribution in [0.3, 0.4) is 0 Å². The Labute approximate surface area is 266 Å². The van der Waals surface area contributed by atoms with Gasteiger partial charge in [-0.15, -0.1) is 11.3 Å². The van der Waals surface area contributed by atoms with E-state index in [1.165, 1.54) is 42.0 Å². The molecular formula is C42H23NO2S. The van der Waals surface area contributed by atoms with Gasteiger partial charge in [-0.3, -0.25) is 0 Å². The monoisotopic (exact) mass is 605 g/mol. The molecule has 3 nitrogen and oxygen atoms in total. The predicted molar refractivity (Wildman–Crippen MR) is 194 cm³/mol. The lowest BCUT2D eigenvalue weighted by molar-refractivity contribution is 0.665. The Morgan fingerprint density at radius 3 is 1.87 bits per heavy atom. The Kier molecular flexibility index (Phi) is 4.72. The van der Waals surface area contributed by atoms with E-state index in [4.69, 9.17) is 8.83 Å². The number of furan rings is 2. The number of benzene rings is 7. The van der Waals surface area contributed by atoms with E-state index in [1.807, 2.05) is 23.5 Å². The minimum Gasteiger partial charge on any atom is -0.455 e. The summed E-state index contributed by atoms with van der Waals surface area (Å²) in [7, 11) is 0. The van der Waals surface area contributed by atoms with Crippen LogP contribution in [0.2, 0.25) is 0 Å². The quantitative estimate of drug-likeness (QED) is 0.196. The molecule has 0 unspecified atom stereocenters. The van der Waals surface area contributed by atoms with E-state index in [0.29, 0.717) is 0 Å². The van der Waals surface area contributed by atoms with Crippen LogP contribution in [0.5, 0.6) is 0 Å². The molecule has 0 spiro atoms. The van der Waals surface area contributed by atoms with Gasteiger partial charge in [0.25, 0.3) is 0 Å². The minimum atomic E-state index is 0.871. The summed E-state index contributed by atoms with van der Waals surface area (Å²) in [5.41, 5.74) is 9.12. The maximum atomic E-state index is 6.65. The molecule has 0 saturated heterocycles. The summed E-state index contributed by atoms with van der Waals surface area (Å²) in [5.74, 6) is 0. The van der Waals surface area contributed by atoms with Gasteiger partial charge in [0.1, 0.15) is 22.3 Å². The second-order valence-electron chi connectivity index (χ2n) is 12.1. The van der Waals surface area contributed by atoms with E-state index in [-0.39, 0.29) is 0 Å². The first-order chi connectivity index (χ1) is 22.8. The van der Waals surface area contributed by atoms with Gasteiger partial charge in [-0.25, -0.2) is 0 Å². The molecule has 7 aromatic carbocycles. The molecule has 0 N–H and O–H groups in total. The minimum absolute atomic E-state index is 0.871. The van der Waals surface area contributed by atoms with E-state index < -0.39 is 0 Å². The van der Waals surface area contributed by atoms with Crippen molar-refractivity contribution in [3.63, 3.8) is 0 Å². The van der Waals surface area contributed by atoms with Gasteiger partial charge < -0.3 is 13.4 Å². The molecule has 0 saturated carbocycles. The molecule has 46 heavy (non-hydrogen) atoms. The van der Waals surface area contributed by atoms with Crippen LogP contribution in [0, 0.1) is 0 Å². The molecule has 4 heterocycles. The predicted octanol–water partition coefficient (Wildman–Crippen LogP) is 12.6. The summed E-state index contributed by atoms with van der Waals surface area (Å²) in [6.45, 7) is 0. The Morgan fingerprint density at radius 1 is 0.391 bits per heavy atom. The van der Waals surface area contributed by atoms with Crippen LogP contribution < -0.4 is 0 Å². The summed E-state index contributed by atoms with van der Waals surface area (Å²) in [4.78, 5) is 0. The SMILES string of the molecule is c1ccc2c(c1)oc1c(-c3cccc4c3oc3ccc(-n5c6ccccc6c6cc7c(cc65)sc5ccccc57)cc34)cccc12. The molecule has 0 aliphatic carbocycles. The molecule has 0 fully saturated rings. The average Bonchev–Trinajstić information content (AvgIpc) is 3.85. The van der Waals surface area contributed by atoms with Gasteiger partial charge in [-0.1, -0.05) is 91.0 Å². The third-order valence-electron chi connectivity index (χ3n) is 9.60. The van der Waals surface area contributed by atoms with Crippen molar-refractivity contribution in [3.8, 4) is 16.8 Å². The molecule has 11 aromatic rings. The van der Waals surface area contributed by atoms with Crippen LogP contribution in [0.1, 0.15) is 0 Å². The smallest absolute Gasteiger partial charge is 0.143 e. The van der Waals surface area contributed by atoms with Gasteiger partial charge in [0.05, 0.1) is 11.0 Å². The third-order valence-corrected chi connectivity index (χ3v) is 10.7. The van der Waals surface area contributed by atoms with Crippen LogP contribution in [0.15, 0.2) is 148 Å². The number of rotatable bonds is 2. The number of aromatic nitrogens is 1. The maximum absolute atomic E-state index is 6.65. The van der Waals surface area contributed by atoms with Crippen LogP contribution >= 0.6 is 11.3 Å². The van der Waals surface area contributed by atoms with Crippen LogP contribution in [-0.4, -0.2) is 4.57 Å². The highest BCUT2D eigenvalue weighted by atomic mass is 32.1. The third kappa shape index (κ3) is 3.21. The standard InChI is InChI=1S/C42H23NO2S/c1-4-16-35-25(9-1)32-22-34-27-11-3-6-18-39(27)46-40(34)23-36(32)43(35)24-19-20-38-33(21-24)31-15-8-14-30(42(31)45-38)29-13-7-12-28-26-10-2-5-17-37(26)44-41(28)29/h1-23H. The normalized spacial score (nSPS) is 12.3. The van der Waals surface area contributed by atoms with Gasteiger partial charge in [-0.2, -0.15) is 0 Å². The summed E-state index contributed by atoms with van der Waals surface area (Å²) in [6, 6.07) is 49.8. The molecule has 4 aromatic heterocycles. The number of hydrogen-bond acceptors (Lipinski definition) is 3. The zero-order chi connectivity index (χ0) is 29.9. The highest BCUT2D eigenvalue weighted by Crippen LogP contribution is 2.43. The zero-order valence-corrected chi connectivity index (χ0v) is 25.3. The van der Waals surface area contributed by atoms with Gasteiger partial charge >= 0.3 is 0 Å². The molecule has 0 atom stereocenters. The van der Waals surface area contributed by atoms with Gasteiger partial charge in [0.15, 0.2) is 0 Å². The average molecular weight is 606 g/mol. The molecule has 0 amide bonds. The first kappa shape index (κ1) is 24.5. The van der Waals surface area contributed by atoms with Crippen molar-refractivity contribution in [2.75, 3.05) is 0 Å². The number of thiophene rings is 1. The van der Waals surface area contributed by atoms with Crippen LogP contribution in [-0.2, 0) is 0 Å². The summed E-state index contributed by atoms with van der Waals surface area (Å²) in [6.07, 6.45) is 0. The van der Waals surface area contributed by atoms with Crippen molar-refractivity contribution in [2.24, 2.45) is 0 Å². The van der Waals surface area contributed by atoms with Crippen molar-refractivity contribution in [1.29, 1.82) is 0 Å². The van der Waals surface area contributed by atoms with Crippen molar-refractivity contribution in [1.82, 2.24) is 4.57 Å².